The number of aromatic nitrogens is 3. The highest BCUT2D eigenvalue weighted by molar-refractivity contribution is 6.34. The number of benzene rings is 2. The normalized spacial score (nSPS) is 16.0. The number of piperazine rings is 1. The molecule has 222 valence electrons. The molecule has 8 heteroatoms. The molecule has 0 N–H and O–H groups in total. The Morgan fingerprint density at radius 1 is 1.12 bits per heavy atom. The average molecular weight is 598 g/mol. The highest BCUT2D eigenvalue weighted by Gasteiger charge is 2.30. The van der Waals surface area contributed by atoms with Gasteiger partial charge in [-0.25, -0.2) is 4.79 Å². The standard InChI is InChI=1S/C35H38ClN5O2/c1-8-24-12-10-11-13-26(24)27-19-30-28(18-29(27)36)34(40-17-16-39(20-23(40)7)31(42)9-2)38-35(43)41(30)33-25(21(3)4)14-15-37-32(33)22(5)6/h8-15,18-19,21-23H,1-2,16-17,20H2,3-7H3/t23-/m0/s1/i1D2. The highest BCUT2D eigenvalue weighted by atomic mass is 35.5. The van der Waals surface area contributed by atoms with Crippen molar-refractivity contribution in [2.75, 3.05) is 24.5 Å². The first-order valence-corrected chi connectivity index (χ1v) is 15.0. The fourth-order valence-corrected chi connectivity index (χ4v) is 6.22. The van der Waals surface area contributed by atoms with Crippen LogP contribution in [0, 0.1) is 0 Å². The average Bonchev–Trinajstić information content (AvgIpc) is 3.00. The van der Waals surface area contributed by atoms with Crippen molar-refractivity contribution in [2.45, 2.75) is 52.5 Å². The summed E-state index contributed by atoms with van der Waals surface area (Å²) in [6.07, 6.45) is 4.59. The number of pyridine rings is 1. The van der Waals surface area contributed by atoms with Gasteiger partial charge in [-0.15, -0.1) is 0 Å². The number of anilines is 1. The number of carbonyl (C=O) groups is 1. The van der Waals surface area contributed by atoms with Crippen LogP contribution in [0.1, 0.15) is 66.0 Å². The second kappa shape index (κ2) is 12.2. The molecule has 1 saturated heterocycles. The van der Waals surface area contributed by atoms with E-state index in [1.807, 2.05) is 49.4 Å². The maximum atomic E-state index is 14.3. The molecule has 1 atom stereocenters. The Bertz CT molecular complexity index is 1850. The number of hydrogen-bond acceptors (Lipinski definition) is 5. The van der Waals surface area contributed by atoms with E-state index in [9.17, 15) is 9.59 Å². The van der Waals surface area contributed by atoms with Crippen molar-refractivity contribution in [3.8, 4) is 16.8 Å². The first kappa shape index (κ1) is 27.6. The van der Waals surface area contributed by atoms with Crippen LogP contribution in [-0.4, -0.2) is 51.0 Å². The molecule has 4 aromatic rings. The predicted octanol–water partition coefficient (Wildman–Crippen LogP) is 7.21. The minimum absolute atomic E-state index is 0.0287. The Kier molecular flexibility index (Phi) is 7.81. The van der Waals surface area contributed by atoms with Crippen LogP contribution in [0.2, 0.25) is 5.02 Å². The molecule has 1 aliphatic heterocycles. The topological polar surface area (TPSA) is 71.3 Å². The van der Waals surface area contributed by atoms with Gasteiger partial charge in [0.15, 0.2) is 0 Å². The van der Waals surface area contributed by atoms with E-state index in [2.05, 4.69) is 39.2 Å². The zero-order valence-electron chi connectivity index (χ0n) is 27.3. The van der Waals surface area contributed by atoms with Gasteiger partial charge in [0.1, 0.15) is 5.82 Å². The van der Waals surface area contributed by atoms with Gasteiger partial charge in [0.05, 0.1) is 19.6 Å². The zero-order chi connectivity index (χ0) is 32.6. The van der Waals surface area contributed by atoms with E-state index in [4.69, 9.17) is 24.3 Å². The molecule has 1 aliphatic rings. The SMILES string of the molecule is [2H]C([2H])=Cc1ccccc1-c1cc2c(cc1Cl)c(N1CCN(C(=O)C=C)C[C@@H]1C)nc(=O)n2-c1c(C(C)C)ccnc1C(C)C. The first-order chi connectivity index (χ1) is 21.4. The van der Waals surface area contributed by atoms with Gasteiger partial charge in [0.2, 0.25) is 5.91 Å². The van der Waals surface area contributed by atoms with Crippen LogP contribution in [0.5, 0.6) is 0 Å². The molecule has 0 saturated carbocycles. The minimum Gasteiger partial charge on any atom is -0.350 e. The number of carbonyl (C=O) groups excluding carboxylic acids is 1. The molecule has 1 amide bonds. The van der Waals surface area contributed by atoms with Crippen LogP contribution >= 0.6 is 11.6 Å². The lowest BCUT2D eigenvalue weighted by molar-refractivity contribution is -0.126. The first-order valence-electron chi connectivity index (χ1n) is 15.6. The summed E-state index contributed by atoms with van der Waals surface area (Å²) < 4.78 is 17.2. The molecule has 3 heterocycles. The summed E-state index contributed by atoms with van der Waals surface area (Å²) in [5, 5.41) is 1.14. The van der Waals surface area contributed by atoms with Crippen molar-refractivity contribution in [2.24, 2.45) is 0 Å². The predicted molar refractivity (Wildman–Crippen MR) is 177 cm³/mol. The molecule has 0 unspecified atom stereocenters. The summed E-state index contributed by atoms with van der Waals surface area (Å²) in [7, 11) is 0. The van der Waals surface area contributed by atoms with Gasteiger partial charge in [-0.2, -0.15) is 4.98 Å². The number of rotatable bonds is 7. The van der Waals surface area contributed by atoms with Crippen molar-refractivity contribution in [1.82, 2.24) is 19.4 Å². The van der Waals surface area contributed by atoms with Gasteiger partial charge in [0, 0.05) is 47.8 Å². The summed E-state index contributed by atoms with van der Waals surface area (Å²) in [5.74, 6) is 0.508. The van der Waals surface area contributed by atoms with E-state index in [0.29, 0.717) is 58.2 Å². The Labute approximate surface area is 261 Å². The van der Waals surface area contributed by atoms with E-state index in [-0.39, 0.29) is 30.3 Å². The van der Waals surface area contributed by atoms with Crippen LogP contribution in [-0.2, 0) is 4.79 Å². The summed E-state index contributed by atoms with van der Waals surface area (Å²) in [6, 6.07) is 13.1. The monoisotopic (exact) mass is 597 g/mol. The lowest BCUT2D eigenvalue weighted by Crippen LogP contribution is -2.54. The second-order valence-electron chi connectivity index (χ2n) is 11.6. The molecular weight excluding hydrogens is 558 g/mol. The van der Waals surface area contributed by atoms with Crippen LogP contribution in [0.4, 0.5) is 5.82 Å². The van der Waals surface area contributed by atoms with E-state index < -0.39 is 5.69 Å². The lowest BCUT2D eigenvalue weighted by atomic mass is 9.95. The molecule has 0 bridgehead atoms. The number of hydrogen-bond donors (Lipinski definition) is 0. The third-order valence-corrected chi connectivity index (χ3v) is 8.44. The molecule has 5 rings (SSSR count). The quantitative estimate of drug-likeness (QED) is 0.210. The van der Waals surface area contributed by atoms with Crippen LogP contribution < -0.4 is 10.6 Å². The summed E-state index contributed by atoms with van der Waals surface area (Å²) in [4.78, 5) is 40.0. The zero-order valence-corrected chi connectivity index (χ0v) is 26.0. The lowest BCUT2D eigenvalue weighted by Gasteiger charge is -2.40. The van der Waals surface area contributed by atoms with Gasteiger partial charge in [-0.3, -0.25) is 14.3 Å². The molecule has 2 aromatic heterocycles. The van der Waals surface area contributed by atoms with E-state index in [0.717, 1.165) is 16.8 Å². The van der Waals surface area contributed by atoms with Gasteiger partial charge in [-0.1, -0.05) is 82.7 Å². The Morgan fingerprint density at radius 2 is 1.88 bits per heavy atom. The molecule has 7 nitrogen and oxygen atoms in total. The van der Waals surface area contributed by atoms with Crippen LogP contribution in [0.25, 0.3) is 33.8 Å². The molecule has 0 aliphatic carbocycles. The molecule has 0 spiro atoms. The maximum Gasteiger partial charge on any atom is 0.354 e. The Balaban J connectivity index is 1.86. The summed E-state index contributed by atoms with van der Waals surface area (Å²) >= 11 is 7.05. The van der Waals surface area contributed by atoms with Crippen LogP contribution in [0.15, 0.2) is 72.6 Å². The van der Waals surface area contributed by atoms with E-state index >= 15 is 0 Å². The number of fused-ring (bicyclic) bond motifs is 1. The van der Waals surface area contributed by atoms with Gasteiger partial charge in [0.25, 0.3) is 0 Å². The smallest absolute Gasteiger partial charge is 0.350 e. The van der Waals surface area contributed by atoms with Crippen molar-refractivity contribution >= 4 is 40.3 Å². The van der Waals surface area contributed by atoms with Gasteiger partial charge < -0.3 is 9.80 Å². The Morgan fingerprint density at radius 3 is 2.56 bits per heavy atom. The molecular formula is C35H38ClN5O2. The third kappa shape index (κ3) is 5.50. The number of halogens is 1. The summed E-state index contributed by atoms with van der Waals surface area (Å²) in [5.41, 5.74) is 4.74. The highest BCUT2D eigenvalue weighted by Crippen LogP contribution is 2.39. The molecule has 0 radical (unpaired) electrons. The van der Waals surface area contributed by atoms with Crippen molar-refractivity contribution in [1.29, 1.82) is 0 Å². The number of amides is 1. The molecule has 43 heavy (non-hydrogen) atoms. The summed E-state index contributed by atoms with van der Waals surface area (Å²) in [6.45, 7) is 15.0. The maximum absolute atomic E-state index is 14.3. The van der Waals surface area contributed by atoms with Gasteiger partial charge >= 0.3 is 5.69 Å². The van der Waals surface area contributed by atoms with Crippen LogP contribution in [0.3, 0.4) is 0 Å². The van der Waals surface area contributed by atoms with Crippen molar-refractivity contribution in [3.05, 3.63) is 100 Å². The van der Waals surface area contributed by atoms with Gasteiger partial charge in [-0.05, 0) is 59.7 Å². The fraction of sp³-hybridized carbons (Fsp3) is 0.314. The molecule has 2 aromatic carbocycles. The third-order valence-electron chi connectivity index (χ3n) is 8.13. The minimum atomic E-state index is -0.438. The van der Waals surface area contributed by atoms with E-state index in [1.54, 1.807) is 15.7 Å². The second-order valence-corrected chi connectivity index (χ2v) is 12.0. The van der Waals surface area contributed by atoms with E-state index in [1.165, 1.54) is 12.2 Å². The largest absolute Gasteiger partial charge is 0.354 e. The number of nitrogens with zero attached hydrogens (tertiary/aromatic N) is 5. The van der Waals surface area contributed by atoms with Crippen molar-refractivity contribution in [3.63, 3.8) is 0 Å². The Hall–Kier alpha value is -4.23. The molecule has 1 fully saturated rings. The van der Waals surface area contributed by atoms with Crippen molar-refractivity contribution < 1.29 is 7.54 Å². The fourth-order valence-electron chi connectivity index (χ4n) is 5.96.